The van der Waals surface area contributed by atoms with Crippen molar-refractivity contribution in [3.63, 3.8) is 0 Å². The summed E-state index contributed by atoms with van der Waals surface area (Å²) in [6, 6.07) is 0. The topological polar surface area (TPSA) is 55.8 Å². The van der Waals surface area contributed by atoms with Gasteiger partial charge in [-0.2, -0.15) is 0 Å². The summed E-state index contributed by atoms with van der Waals surface area (Å²) in [6.45, 7) is 5.44. The molecule has 2 atom stereocenters. The normalized spacial score (nSPS) is 21.7. The molecule has 2 unspecified atom stereocenters. The molecule has 0 aliphatic carbocycles. The fourth-order valence-corrected chi connectivity index (χ4v) is 2.85. The molecule has 128 valence electrons. The number of unbranched alkanes of at least 4 members (excludes halogenated alkanes) is 3. The van der Waals surface area contributed by atoms with Gasteiger partial charge in [-0.05, 0) is 31.6 Å². The number of ether oxygens (including phenoxy) is 2. The van der Waals surface area contributed by atoms with Crippen LogP contribution in [0, 0.1) is 11.8 Å². The van der Waals surface area contributed by atoms with Gasteiger partial charge in [-0.1, -0.05) is 38.3 Å². The van der Waals surface area contributed by atoms with Crippen LogP contribution in [-0.2, 0) is 14.3 Å². The third kappa shape index (κ3) is 9.21. The van der Waals surface area contributed by atoms with E-state index in [1.807, 2.05) is 0 Å². The number of aliphatic carboxylic acids is 1. The summed E-state index contributed by atoms with van der Waals surface area (Å²) in [5, 5.41) is 8.59. The molecular formula is C18H32O4. The average molecular weight is 312 g/mol. The van der Waals surface area contributed by atoms with Crippen LogP contribution in [0.25, 0.3) is 0 Å². The minimum absolute atomic E-state index is 0.301. The summed E-state index contributed by atoms with van der Waals surface area (Å²) in [6.07, 6.45) is 12.0. The van der Waals surface area contributed by atoms with Gasteiger partial charge >= 0.3 is 5.97 Å². The van der Waals surface area contributed by atoms with Crippen LogP contribution in [0.15, 0.2) is 12.2 Å². The summed E-state index contributed by atoms with van der Waals surface area (Å²) in [4.78, 5) is 10.4. The van der Waals surface area contributed by atoms with Crippen molar-refractivity contribution in [2.24, 2.45) is 11.8 Å². The van der Waals surface area contributed by atoms with Gasteiger partial charge in [-0.3, -0.25) is 4.79 Å². The Morgan fingerprint density at radius 3 is 2.73 bits per heavy atom. The van der Waals surface area contributed by atoms with E-state index in [0.717, 1.165) is 58.5 Å². The lowest BCUT2D eigenvalue weighted by Gasteiger charge is -2.17. The van der Waals surface area contributed by atoms with Gasteiger partial charge in [-0.15, -0.1) is 0 Å². The highest BCUT2D eigenvalue weighted by atomic mass is 16.5. The minimum Gasteiger partial charge on any atom is -0.481 e. The first-order valence-corrected chi connectivity index (χ1v) is 8.76. The van der Waals surface area contributed by atoms with Crippen molar-refractivity contribution in [2.75, 3.05) is 26.4 Å². The highest BCUT2D eigenvalue weighted by molar-refractivity contribution is 5.66. The van der Waals surface area contributed by atoms with Gasteiger partial charge < -0.3 is 14.6 Å². The molecule has 0 spiro atoms. The zero-order valence-electron chi connectivity index (χ0n) is 14.0. The van der Waals surface area contributed by atoms with E-state index in [2.05, 4.69) is 19.1 Å². The van der Waals surface area contributed by atoms with Crippen LogP contribution < -0.4 is 0 Å². The third-order valence-corrected chi connectivity index (χ3v) is 4.21. The van der Waals surface area contributed by atoms with Crippen molar-refractivity contribution in [1.82, 2.24) is 0 Å². The fraction of sp³-hybridized carbons (Fsp3) is 0.833. The third-order valence-electron chi connectivity index (χ3n) is 4.21. The van der Waals surface area contributed by atoms with Gasteiger partial charge in [0.15, 0.2) is 0 Å². The first kappa shape index (κ1) is 19.2. The molecule has 0 radical (unpaired) electrons. The monoisotopic (exact) mass is 312 g/mol. The van der Waals surface area contributed by atoms with E-state index in [0.29, 0.717) is 18.3 Å². The van der Waals surface area contributed by atoms with E-state index >= 15 is 0 Å². The number of rotatable bonds is 13. The molecule has 1 aliphatic rings. The molecule has 0 aromatic heterocycles. The number of carbonyl (C=O) groups is 1. The quantitative estimate of drug-likeness (QED) is 0.412. The van der Waals surface area contributed by atoms with Crippen molar-refractivity contribution in [3.8, 4) is 0 Å². The zero-order chi connectivity index (χ0) is 16.0. The van der Waals surface area contributed by atoms with Crippen molar-refractivity contribution in [1.29, 1.82) is 0 Å². The number of allylic oxidation sites excluding steroid dienone is 1. The summed E-state index contributed by atoms with van der Waals surface area (Å²) < 4.78 is 11.4. The first-order valence-electron chi connectivity index (χ1n) is 8.76. The molecule has 0 saturated carbocycles. The number of hydrogen-bond acceptors (Lipinski definition) is 3. The Hall–Kier alpha value is -0.870. The van der Waals surface area contributed by atoms with Crippen molar-refractivity contribution in [2.45, 2.75) is 58.3 Å². The second kappa shape index (κ2) is 12.7. The van der Waals surface area contributed by atoms with Gasteiger partial charge in [0.2, 0.25) is 0 Å². The van der Waals surface area contributed by atoms with E-state index in [1.54, 1.807) is 0 Å². The first-order chi connectivity index (χ1) is 10.7. The molecule has 4 heteroatoms. The average Bonchev–Trinajstić information content (AvgIpc) is 2.93. The van der Waals surface area contributed by atoms with Gasteiger partial charge in [-0.25, -0.2) is 0 Å². The van der Waals surface area contributed by atoms with E-state index in [1.165, 1.54) is 12.8 Å². The molecule has 1 rings (SSSR count). The molecule has 0 amide bonds. The second-order valence-corrected chi connectivity index (χ2v) is 6.15. The van der Waals surface area contributed by atoms with Crippen molar-refractivity contribution in [3.05, 3.63) is 12.2 Å². The van der Waals surface area contributed by atoms with Crippen LogP contribution in [-0.4, -0.2) is 37.5 Å². The van der Waals surface area contributed by atoms with Gasteiger partial charge in [0.25, 0.3) is 0 Å². The SMILES string of the molecule is CC/C=C/CCOCC1COCC1CCCCCCC(=O)O. The highest BCUT2D eigenvalue weighted by Gasteiger charge is 2.27. The smallest absolute Gasteiger partial charge is 0.303 e. The molecular weight excluding hydrogens is 280 g/mol. The predicted molar refractivity (Wildman–Crippen MR) is 88.0 cm³/mol. The number of carboxylic acids is 1. The second-order valence-electron chi connectivity index (χ2n) is 6.15. The molecule has 1 saturated heterocycles. The number of hydrogen-bond donors (Lipinski definition) is 1. The van der Waals surface area contributed by atoms with E-state index in [-0.39, 0.29) is 0 Å². The van der Waals surface area contributed by atoms with Gasteiger partial charge in [0.1, 0.15) is 0 Å². The van der Waals surface area contributed by atoms with E-state index < -0.39 is 5.97 Å². The van der Waals surface area contributed by atoms with E-state index in [4.69, 9.17) is 14.6 Å². The Labute approximate surface area is 134 Å². The summed E-state index contributed by atoms with van der Waals surface area (Å²) >= 11 is 0. The Morgan fingerprint density at radius 2 is 1.95 bits per heavy atom. The van der Waals surface area contributed by atoms with Crippen molar-refractivity contribution >= 4 is 5.97 Å². The fourth-order valence-electron chi connectivity index (χ4n) is 2.85. The van der Waals surface area contributed by atoms with Crippen LogP contribution in [0.4, 0.5) is 0 Å². The standard InChI is InChI=1S/C18H32O4/c1-2-3-4-9-12-21-14-17-15-22-13-16(17)10-7-5-6-8-11-18(19)20/h3-4,16-17H,2,5-15H2,1H3,(H,19,20)/b4-3+. The Bertz CT molecular complexity index is 314. The molecule has 1 fully saturated rings. The maximum atomic E-state index is 10.4. The predicted octanol–water partition coefficient (Wildman–Crippen LogP) is 4.05. The largest absolute Gasteiger partial charge is 0.481 e. The highest BCUT2D eigenvalue weighted by Crippen LogP contribution is 2.26. The Morgan fingerprint density at radius 1 is 1.18 bits per heavy atom. The van der Waals surface area contributed by atoms with E-state index in [9.17, 15) is 4.79 Å². The van der Waals surface area contributed by atoms with Crippen LogP contribution >= 0.6 is 0 Å². The molecule has 0 aromatic carbocycles. The van der Waals surface area contributed by atoms with Crippen LogP contribution in [0.5, 0.6) is 0 Å². The zero-order valence-corrected chi connectivity index (χ0v) is 14.0. The summed E-state index contributed by atoms with van der Waals surface area (Å²) in [5.74, 6) is 0.468. The maximum absolute atomic E-state index is 10.4. The lowest BCUT2D eigenvalue weighted by atomic mass is 9.91. The number of carboxylic acid groups (broad SMARTS) is 1. The van der Waals surface area contributed by atoms with Gasteiger partial charge in [0.05, 0.1) is 19.8 Å². The Balaban J connectivity index is 2.02. The molecule has 0 bridgehead atoms. The van der Waals surface area contributed by atoms with Crippen molar-refractivity contribution < 1.29 is 19.4 Å². The molecule has 1 aliphatic heterocycles. The molecule has 4 nitrogen and oxygen atoms in total. The summed E-state index contributed by atoms with van der Waals surface area (Å²) in [7, 11) is 0. The molecule has 22 heavy (non-hydrogen) atoms. The molecule has 1 heterocycles. The van der Waals surface area contributed by atoms with Crippen LogP contribution in [0.3, 0.4) is 0 Å². The Kier molecular flexibility index (Phi) is 11.0. The summed E-state index contributed by atoms with van der Waals surface area (Å²) in [5.41, 5.74) is 0. The maximum Gasteiger partial charge on any atom is 0.303 e. The van der Waals surface area contributed by atoms with Crippen LogP contribution in [0.1, 0.15) is 58.3 Å². The molecule has 0 aromatic rings. The molecule has 1 N–H and O–H groups in total. The van der Waals surface area contributed by atoms with Crippen LogP contribution in [0.2, 0.25) is 0 Å². The van der Waals surface area contributed by atoms with Gasteiger partial charge in [0, 0.05) is 18.9 Å². The minimum atomic E-state index is -0.685. The lowest BCUT2D eigenvalue weighted by molar-refractivity contribution is -0.137. The lowest BCUT2D eigenvalue weighted by Crippen LogP contribution is -2.18.